The molecule has 0 amide bonds. The van der Waals surface area contributed by atoms with Gasteiger partial charge in [-0.05, 0) is 59.5 Å². The molecule has 0 unspecified atom stereocenters. The molecule has 4 aromatic heterocycles. The molecule has 2 aromatic carbocycles. The van der Waals surface area contributed by atoms with Crippen molar-refractivity contribution in [2.24, 2.45) is 0 Å². The summed E-state index contributed by atoms with van der Waals surface area (Å²) in [4.78, 5) is 17.1. The number of pyridine rings is 2. The van der Waals surface area contributed by atoms with Crippen LogP contribution in [0.2, 0.25) is 0 Å². The molecule has 6 aromatic rings. The summed E-state index contributed by atoms with van der Waals surface area (Å²) in [5, 5.41) is 11.3. The van der Waals surface area contributed by atoms with Crippen LogP contribution in [0.25, 0.3) is 50.4 Å². The molecule has 0 saturated carbocycles. The van der Waals surface area contributed by atoms with Crippen LogP contribution in [0.3, 0.4) is 0 Å². The van der Waals surface area contributed by atoms with Crippen LogP contribution < -0.4 is 5.32 Å². The van der Waals surface area contributed by atoms with Crippen LogP contribution in [-0.4, -0.2) is 36.7 Å². The second-order valence-electron chi connectivity index (χ2n) is 9.57. The first-order valence-corrected chi connectivity index (χ1v) is 13.3. The number of nitrogens with one attached hydrogen (secondary N) is 3. The van der Waals surface area contributed by atoms with Crippen molar-refractivity contribution in [1.29, 1.82) is 0 Å². The van der Waals surface area contributed by atoms with E-state index in [2.05, 4.69) is 49.2 Å². The van der Waals surface area contributed by atoms with Crippen LogP contribution in [0.5, 0.6) is 0 Å². The first-order valence-electron chi connectivity index (χ1n) is 13.3. The maximum atomic E-state index is 15.4. The molecule has 0 bridgehead atoms. The number of imidazole rings is 1. The number of halogens is 1. The minimum atomic E-state index is -0.415. The molecule has 41 heavy (non-hydrogen) atoms. The van der Waals surface area contributed by atoms with E-state index in [0.29, 0.717) is 34.7 Å². The fraction of sp³-hybridized carbons (Fsp3) is 0.0909. The Bertz CT molecular complexity index is 1900. The summed E-state index contributed by atoms with van der Waals surface area (Å²) < 4.78 is 15.4. The highest BCUT2D eigenvalue weighted by Crippen LogP contribution is 2.32. The molecular weight excluding hydrogens is 513 g/mol. The largest absolute Gasteiger partial charge is 0.337 e. The molecule has 0 radical (unpaired) electrons. The monoisotopic (exact) mass is 541 g/mol. The molecule has 6 rings (SSSR count). The summed E-state index contributed by atoms with van der Waals surface area (Å²) in [6, 6.07) is 21.2. The summed E-state index contributed by atoms with van der Waals surface area (Å²) in [6.45, 7) is 7.29. The summed E-state index contributed by atoms with van der Waals surface area (Å²) in [5.41, 5.74) is 7.51. The van der Waals surface area contributed by atoms with Gasteiger partial charge in [0.25, 0.3) is 0 Å². The zero-order valence-corrected chi connectivity index (χ0v) is 22.5. The second kappa shape index (κ2) is 11.5. The molecule has 0 aliphatic heterocycles. The van der Waals surface area contributed by atoms with E-state index in [4.69, 9.17) is 4.98 Å². The molecule has 0 atom stereocenters. The van der Waals surface area contributed by atoms with Crippen molar-refractivity contribution in [3.8, 4) is 22.9 Å². The fourth-order valence-corrected chi connectivity index (χ4v) is 4.83. The molecule has 4 heterocycles. The first-order chi connectivity index (χ1) is 20.1. The Kier molecular flexibility index (Phi) is 7.30. The van der Waals surface area contributed by atoms with Gasteiger partial charge in [-0.3, -0.25) is 15.1 Å². The lowest BCUT2D eigenvalue weighted by Gasteiger charge is -2.09. The van der Waals surface area contributed by atoms with E-state index >= 15 is 4.39 Å². The average Bonchev–Trinajstić information content (AvgIpc) is 3.64. The number of allylic oxidation sites excluding steroid dienone is 3. The topological polar surface area (TPSA) is 95.2 Å². The molecule has 0 aliphatic rings. The molecule has 0 saturated heterocycles. The molecule has 8 heteroatoms. The van der Waals surface area contributed by atoms with Gasteiger partial charge < -0.3 is 10.3 Å². The van der Waals surface area contributed by atoms with Crippen molar-refractivity contribution in [1.82, 2.24) is 35.5 Å². The van der Waals surface area contributed by atoms with E-state index in [0.717, 1.165) is 34.5 Å². The standard InChI is InChI=1S/C33H28FN7/c1-3-21(19-35-20-22-10-6-5-7-11-22)16-23(4-2)24-17-25-29(26(34)18-24)40-41-30(25)33-38-28-13-15-37-31(32(28)39-33)27-12-8-9-14-36-27/h3-18,35H,1,19-20H2,2H3,(H,38,39)(H,40,41)/b21-16+,23-4+. The zero-order chi connectivity index (χ0) is 28.2. The number of aromatic nitrogens is 6. The molecule has 0 fully saturated rings. The number of fused-ring (bicyclic) bond motifs is 2. The summed E-state index contributed by atoms with van der Waals surface area (Å²) >= 11 is 0. The maximum absolute atomic E-state index is 15.4. The predicted octanol–water partition coefficient (Wildman–Crippen LogP) is 7.01. The lowest BCUT2D eigenvalue weighted by Crippen LogP contribution is -2.15. The molecule has 7 nitrogen and oxygen atoms in total. The van der Waals surface area contributed by atoms with Crippen LogP contribution in [-0.2, 0) is 6.54 Å². The average molecular weight is 542 g/mol. The Morgan fingerprint density at radius 1 is 1.00 bits per heavy atom. The van der Waals surface area contributed by atoms with Crippen LogP contribution in [0.4, 0.5) is 4.39 Å². The van der Waals surface area contributed by atoms with E-state index in [1.807, 2.05) is 73.7 Å². The van der Waals surface area contributed by atoms with Gasteiger partial charge in [0.05, 0.1) is 11.2 Å². The number of nitrogens with zero attached hydrogens (tertiary/aromatic N) is 4. The van der Waals surface area contributed by atoms with Crippen molar-refractivity contribution >= 4 is 27.5 Å². The smallest absolute Gasteiger partial charge is 0.157 e. The van der Waals surface area contributed by atoms with Crippen LogP contribution in [0.15, 0.2) is 110 Å². The first kappa shape index (κ1) is 26.0. The highest BCUT2D eigenvalue weighted by molar-refractivity contribution is 5.97. The van der Waals surface area contributed by atoms with Gasteiger partial charge in [-0.1, -0.05) is 61.2 Å². The van der Waals surface area contributed by atoms with Gasteiger partial charge in [0.2, 0.25) is 0 Å². The number of H-pyrrole nitrogens is 2. The van der Waals surface area contributed by atoms with Gasteiger partial charge in [0.15, 0.2) is 11.6 Å². The highest BCUT2D eigenvalue weighted by atomic mass is 19.1. The van der Waals surface area contributed by atoms with Crippen molar-refractivity contribution < 1.29 is 4.39 Å². The summed E-state index contributed by atoms with van der Waals surface area (Å²) in [5.74, 6) is 0.126. The second-order valence-corrected chi connectivity index (χ2v) is 9.57. The third kappa shape index (κ3) is 5.33. The lowest BCUT2D eigenvalue weighted by molar-refractivity contribution is 0.636. The van der Waals surface area contributed by atoms with E-state index in [1.54, 1.807) is 12.4 Å². The Morgan fingerprint density at radius 3 is 2.63 bits per heavy atom. The minimum absolute atomic E-state index is 0.250. The van der Waals surface area contributed by atoms with Crippen LogP contribution in [0.1, 0.15) is 18.1 Å². The Hall–Kier alpha value is -5.21. The number of aromatic amines is 2. The molecule has 0 aliphatic carbocycles. The Balaban J connectivity index is 1.34. The summed E-state index contributed by atoms with van der Waals surface area (Å²) in [7, 11) is 0. The van der Waals surface area contributed by atoms with E-state index in [1.165, 1.54) is 11.6 Å². The predicted molar refractivity (Wildman–Crippen MR) is 162 cm³/mol. The Morgan fingerprint density at radius 2 is 1.85 bits per heavy atom. The quantitative estimate of drug-likeness (QED) is 0.171. The van der Waals surface area contributed by atoms with Crippen molar-refractivity contribution in [2.45, 2.75) is 13.5 Å². The van der Waals surface area contributed by atoms with E-state index in [9.17, 15) is 0 Å². The van der Waals surface area contributed by atoms with Gasteiger partial charge in [0.1, 0.15) is 22.4 Å². The molecule has 0 spiro atoms. The molecule has 3 N–H and O–H groups in total. The van der Waals surface area contributed by atoms with E-state index in [-0.39, 0.29) is 5.52 Å². The van der Waals surface area contributed by atoms with Gasteiger partial charge in [0, 0.05) is 30.9 Å². The normalized spacial score (nSPS) is 12.3. The number of benzene rings is 2. The summed E-state index contributed by atoms with van der Waals surface area (Å²) in [6.07, 6.45) is 9.25. The van der Waals surface area contributed by atoms with Crippen molar-refractivity contribution in [2.75, 3.05) is 6.54 Å². The third-order valence-corrected chi connectivity index (χ3v) is 6.91. The van der Waals surface area contributed by atoms with Gasteiger partial charge in [-0.25, -0.2) is 9.37 Å². The minimum Gasteiger partial charge on any atom is -0.337 e. The molecule has 202 valence electrons. The van der Waals surface area contributed by atoms with Gasteiger partial charge in [-0.15, -0.1) is 0 Å². The third-order valence-electron chi connectivity index (χ3n) is 6.91. The number of rotatable bonds is 9. The zero-order valence-electron chi connectivity index (χ0n) is 22.5. The van der Waals surface area contributed by atoms with Gasteiger partial charge in [-0.2, -0.15) is 5.10 Å². The molecular formula is C33H28FN7. The SMILES string of the molecule is C=C/C(=C\C(=C/C)c1cc(F)c2n[nH]c(-c3nc4c(-c5ccccn5)nccc4[nH]3)c2c1)CNCc1ccccc1. The number of hydrogen-bond donors (Lipinski definition) is 3. The lowest BCUT2D eigenvalue weighted by atomic mass is 10.00. The van der Waals surface area contributed by atoms with Gasteiger partial charge >= 0.3 is 0 Å². The highest BCUT2D eigenvalue weighted by Gasteiger charge is 2.18. The van der Waals surface area contributed by atoms with E-state index < -0.39 is 5.82 Å². The van der Waals surface area contributed by atoms with Crippen LogP contribution >= 0.6 is 0 Å². The van der Waals surface area contributed by atoms with Crippen molar-refractivity contribution in [3.05, 3.63) is 126 Å². The van der Waals surface area contributed by atoms with Crippen LogP contribution in [0, 0.1) is 5.82 Å². The number of hydrogen-bond acceptors (Lipinski definition) is 5. The maximum Gasteiger partial charge on any atom is 0.157 e. The Labute approximate surface area is 236 Å². The fourth-order valence-electron chi connectivity index (χ4n) is 4.83. The van der Waals surface area contributed by atoms with Crippen molar-refractivity contribution in [3.63, 3.8) is 0 Å².